The molecule has 0 spiro atoms. The molecule has 0 radical (unpaired) electrons. The fraction of sp³-hybridized carbons (Fsp3) is 0. The van der Waals surface area contributed by atoms with Crippen LogP contribution in [0.1, 0.15) is 15.9 Å². The van der Waals surface area contributed by atoms with Gasteiger partial charge in [-0.05, 0) is 6.07 Å². The molecule has 0 bridgehead atoms. The Balaban J connectivity index is 2.21. The molecular weight excluding hydrogens is 242 g/mol. The molecule has 2 N–H and O–H groups in total. The Labute approximate surface area is 109 Å². The smallest absolute Gasteiger partial charge is 0.196 e. The molecule has 0 atom stereocenters. The standard InChI is InChI=1S/C15H11NOS/c16-15-13(11-8-4-5-9-12(11)18-15)14(17)10-6-2-1-3-7-10/h1-9H,16H2. The van der Waals surface area contributed by atoms with Crippen molar-refractivity contribution in [3.8, 4) is 0 Å². The maximum absolute atomic E-state index is 12.5. The zero-order valence-corrected chi connectivity index (χ0v) is 10.4. The summed E-state index contributed by atoms with van der Waals surface area (Å²) in [6.07, 6.45) is 0. The molecule has 0 saturated heterocycles. The van der Waals surface area contributed by atoms with E-state index < -0.39 is 0 Å². The number of nitrogen functional groups attached to an aromatic ring is 1. The summed E-state index contributed by atoms with van der Waals surface area (Å²) in [5.74, 6) is -0.00875. The highest BCUT2D eigenvalue weighted by atomic mass is 32.1. The van der Waals surface area contributed by atoms with E-state index in [1.54, 1.807) is 0 Å². The van der Waals surface area contributed by atoms with Gasteiger partial charge in [-0.3, -0.25) is 4.79 Å². The molecule has 3 heteroatoms. The van der Waals surface area contributed by atoms with E-state index in [2.05, 4.69) is 0 Å². The van der Waals surface area contributed by atoms with E-state index in [-0.39, 0.29) is 5.78 Å². The van der Waals surface area contributed by atoms with Crippen LogP contribution in [0.25, 0.3) is 10.1 Å². The number of rotatable bonds is 2. The van der Waals surface area contributed by atoms with Gasteiger partial charge < -0.3 is 5.73 Å². The molecular formula is C15H11NOS. The van der Waals surface area contributed by atoms with E-state index in [1.807, 2.05) is 54.6 Å². The maximum atomic E-state index is 12.5. The number of hydrogen-bond donors (Lipinski definition) is 1. The quantitative estimate of drug-likeness (QED) is 0.707. The molecule has 0 aliphatic heterocycles. The predicted octanol–water partition coefficient (Wildman–Crippen LogP) is 3.71. The average molecular weight is 253 g/mol. The first kappa shape index (κ1) is 11.0. The lowest BCUT2D eigenvalue weighted by atomic mass is 10.0. The molecule has 3 aromatic rings. The predicted molar refractivity (Wildman–Crippen MR) is 76.1 cm³/mol. The average Bonchev–Trinajstić information content (AvgIpc) is 2.75. The number of carbonyl (C=O) groups is 1. The van der Waals surface area contributed by atoms with E-state index >= 15 is 0 Å². The second kappa shape index (κ2) is 4.27. The van der Waals surface area contributed by atoms with E-state index in [1.165, 1.54) is 11.3 Å². The van der Waals surface area contributed by atoms with Crippen molar-refractivity contribution >= 4 is 32.2 Å². The van der Waals surface area contributed by atoms with Crippen LogP contribution in [0.5, 0.6) is 0 Å². The Morgan fingerprint density at radius 3 is 2.39 bits per heavy atom. The van der Waals surface area contributed by atoms with Crippen molar-refractivity contribution in [2.24, 2.45) is 0 Å². The van der Waals surface area contributed by atoms with Gasteiger partial charge in [0.25, 0.3) is 0 Å². The summed E-state index contributed by atoms with van der Waals surface area (Å²) < 4.78 is 1.05. The summed E-state index contributed by atoms with van der Waals surface area (Å²) in [6, 6.07) is 17.0. The highest BCUT2D eigenvalue weighted by Crippen LogP contribution is 2.34. The largest absolute Gasteiger partial charge is 0.390 e. The van der Waals surface area contributed by atoms with Crippen LogP contribution in [0.15, 0.2) is 54.6 Å². The molecule has 18 heavy (non-hydrogen) atoms. The zero-order chi connectivity index (χ0) is 12.5. The van der Waals surface area contributed by atoms with Gasteiger partial charge in [-0.1, -0.05) is 48.5 Å². The van der Waals surface area contributed by atoms with E-state index in [4.69, 9.17) is 5.73 Å². The van der Waals surface area contributed by atoms with Crippen molar-refractivity contribution < 1.29 is 4.79 Å². The van der Waals surface area contributed by atoms with Gasteiger partial charge in [-0.15, -0.1) is 11.3 Å². The molecule has 0 unspecified atom stereocenters. The fourth-order valence-corrected chi connectivity index (χ4v) is 3.00. The third kappa shape index (κ3) is 1.69. The molecule has 2 nitrogen and oxygen atoms in total. The summed E-state index contributed by atoms with van der Waals surface area (Å²) in [4.78, 5) is 12.5. The van der Waals surface area contributed by atoms with Gasteiger partial charge in [0, 0.05) is 15.6 Å². The third-order valence-electron chi connectivity index (χ3n) is 2.89. The van der Waals surface area contributed by atoms with Gasteiger partial charge in [-0.25, -0.2) is 0 Å². The topological polar surface area (TPSA) is 43.1 Å². The van der Waals surface area contributed by atoms with Crippen molar-refractivity contribution in [2.75, 3.05) is 5.73 Å². The number of ketones is 1. The van der Waals surface area contributed by atoms with Gasteiger partial charge in [-0.2, -0.15) is 0 Å². The van der Waals surface area contributed by atoms with Gasteiger partial charge in [0.1, 0.15) is 0 Å². The van der Waals surface area contributed by atoms with Crippen LogP contribution in [0, 0.1) is 0 Å². The molecule has 0 aliphatic carbocycles. The van der Waals surface area contributed by atoms with Crippen molar-refractivity contribution in [1.82, 2.24) is 0 Å². The van der Waals surface area contributed by atoms with E-state index in [9.17, 15) is 4.79 Å². The van der Waals surface area contributed by atoms with Crippen LogP contribution in [-0.2, 0) is 0 Å². The van der Waals surface area contributed by atoms with Gasteiger partial charge >= 0.3 is 0 Å². The van der Waals surface area contributed by atoms with Crippen LogP contribution < -0.4 is 5.73 Å². The summed E-state index contributed by atoms with van der Waals surface area (Å²) in [5.41, 5.74) is 7.29. The number of nitrogens with two attached hydrogens (primary N) is 1. The number of anilines is 1. The van der Waals surface area contributed by atoms with Gasteiger partial charge in [0.2, 0.25) is 0 Å². The molecule has 1 aromatic heterocycles. The van der Waals surface area contributed by atoms with Crippen molar-refractivity contribution in [1.29, 1.82) is 0 Å². The lowest BCUT2D eigenvalue weighted by Gasteiger charge is -2.01. The highest BCUT2D eigenvalue weighted by molar-refractivity contribution is 7.23. The third-order valence-corrected chi connectivity index (χ3v) is 3.89. The minimum absolute atomic E-state index is 0.00875. The first-order valence-electron chi connectivity index (χ1n) is 5.64. The van der Waals surface area contributed by atoms with Crippen LogP contribution in [-0.4, -0.2) is 5.78 Å². The Bertz CT molecular complexity index is 716. The first-order valence-corrected chi connectivity index (χ1v) is 6.46. The minimum atomic E-state index is -0.00875. The molecule has 0 fully saturated rings. The van der Waals surface area contributed by atoms with E-state index in [0.717, 1.165) is 10.1 Å². The number of hydrogen-bond acceptors (Lipinski definition) is 3. The Kier molecular flexibility index (Phi) is 2.61. The van der Waals surface area contributed by atoms with Crippen molar-refractivity contribution in [2.45, 2.75) is 0 Å². The number of thiophene rings is 1. The highest BCUT2D eigenvalue weighted by Gasteiger charge is 2.17. The van der Waals surface area contributed by atoms with Crippen LogP contribution in [0.2, 0.25) is 0 Å². The zero-order valence-electron chi connectivity index (χ0n) is 9.59. The van der Waals surface area contributed by atoms with Gasteiger partial charge in [0.15, 0.2) is 5.78 Å². The SMILES string of the molecule is Nc1sc2ccccc2c1C(=O)c1ccccc1. The summed E-state index contributed by atoms with van der Waals surface area (Å²) >= 11 is 1.46. The fourth-order valence-electron chi connectivity index (χ4n) is 2.03. The minimum Gasteiger partial charge on any atom is -0.390 e. The van der Waals surface area contributed by atoms with Crippen LogP contribution in [0.4, 0.5) is 5.00 Å². The number of fused-ring (bicyclic) bond motifs is 1. The summed E-state index contributed by atoms with van der Waals surface area (Å²) in [6.45, 7) is 0. The molecule has 0 amide bonds. The number of benzene rings is 2. The molecule has 0 saturated carbocycles. The molecule has 3 rings (SSSR count). The van der Waals surface area contributed by atoms with E-state index in [0.29, 0.717) is 16.1 Å². The maximum Gasteiger partial charge on any atom is 0.196 e. The molecule has 0 aliphatic rings. The molecule has 2 aromatic carbocycles. The Morgan fingerprint density at radius 1 is 0.944 bits per heavy atom. The van der Waals surface area contributed by atoms with Crippen LogP contribution in [0.3, 0.4) is 0 Å². The lowest BCUT2D eigenvalue weighted by molar-refractivity contribution is 0.104. The summed E-state index contributed by atoms with van der Waals surface area (Å²) in [5, 5.41) is 1.53. The molecule has 88 valence electrons. The van der Waals surface area contributed by atoms with Gasteiger partial charge in [0.05, 0.1) is 10.6 Å². The second-order valence-electron chi connectivity index (χ2n) is 4.03. The Morgan fingerprint density at radius 2 is 1.61 bits per heavy atom. The number of carbonyl (C=O) groups excluding carboxylic acids is 1. The monoisotopic (exact) mass is 253 g/mol. The second-order valence-corrected chi connectivity index (χ2v) is 5.12. The Hall–Kier alpha value is -2.13. The summed E-state index contributed by atoms with van der Waals surface area (Å²) in [7, 11) is 0. The molecule has 1 heterocycles. The normalized spacial score (nSPS) is 10.7. The first-order chi connectivity index (χ1) is 8.77. The van der Waals surface area contributed by atoms with Crippen molar-refractivity contribution in [3.05, 3.63) is 65.7 Å². The lowest BCUT2D eigenvalue weighted by Crippen LogP contribution is -2.02. The van der Waals surface area contributed by atoms with Crippen molar-refractivity contribution in [3.63, 3.8) is 0 Å². The van der Waals surface area contributed by atoms with Crippen LogP contribution >= 0.6 is 11.3 Å².